The zero-order chi connectivity index (χ0) is 9.64. The highest BCUT2D eigenvalue weighted by Gasteiger charge is 2.16. The minimum atomic E-state index is 0.998. The van der Waals surface area contributed by atoms with E-state index < -0.39 is 0 Å². The molecule has 2 fully saturated rings. The Kier molecular flexibility index (Phi) is 4.22. The summed E-state index contributed by atoms with van der Waals surface area (Å²) in [4.78, 5) is 2.55. The molecule has 0 aromatic heterocycles. The summed E-state index contributed by atoms with van der Waals surface area (Å²) >= 11 is 0. The molecule has 1 heterocycles. The maximum absolute atomic E-state index is 3.57. The predicted molar refractivity (Wildman–Crippen MR) is 59.5 cm³/mol. The fourth-order valence-electron chi connectivity index (χ4n) is 2.18. The Morgan fingerprint density at radius 1 is 1.21 bits per heavy atom. The molecule has 0 amide bonds. The SMILES string of the molecule is C1CC(CNCCN2CCNCC2)C1. The lowest BCUT2D eigenvalue weighted by molar-refractivity contribution is 0.234. The molecule has 2 aliphatic rings. The second kappa shape index (κ2) is 5.69. The number of hydrogen-bond donors (Lipinski definition) is 2. The molecule has 14 heavy (non-hydrogen) atoms. The van der Waals surface area contributed by atoms with Gasteiger partial charge in [-0.1, -0.05) is 6.42 Å². The van der Waals surface area contributed by atoms with Crippen LogP contribution in [0.4, 0.5) is 0 Å². The van der Waals surface area contributed by atoms with E-state index in [0.29, 0.717) is 0 Å². The molecule has 2 N–H and O–H groups in total. The van der Waals surface area contributed by atoms with Gasteiger partial charge in [-0.2, -0.15) is 0 Å². The molecule has 3 heteroatoms. The normalized spacial score (nSPS) is 24.9. The molecule has 2 rings (SSSR count). The van der Waals surface area contributed by atoms with Gasteiger partial charge in [0.25, 0.3) is 0 Å². The molecule has 0 bridgehead atoms. The van der Waals surface area contributed by atoms with Gasteiger partial charge in [0.1, 0.15) is 0 Å². The van der Waals surface area contributed by atoms with Crippen molar-refractivity contribution in [3.63, 3.8) is 0 Å². The van der Waals surface area contributed by atoms with E-state index in [1.54, 1.807) is 0 Å². The van der Waals surface area contributed by atoms with Crippen molar-refractivity contribution in [3.8, 4) is 0 Å². The lowest BCUT2D eigenvalue weighted by Crippen LogP contribution is -2.46. The fraction of sp³-hybridized carbons (Fsp3) is 1.00. The molecule has 0 radical (unpaired) electrons. The van der Waals surface area contributed by atoms with Gasteiger partial charge in [0.15, 0.2) is 0 Å². The number of piperazine rings is 1. The molecule has 82 valence electrons. The first-order valence-corrected chi connectivity index (χ1v) is 6.09. The van der Waals surface area contributed by atoms with Crippen molar-refractivity contribution in [1.82, 2.24) is 15.5 Å². The first-order chi connectivity index (χ1) is 6.95. The van der Waals surface area contributed by atoms with Crippen molar-refractivity contribution < 1.29 is 0 Å². The smallest absolute Gasteiger partial charge is 0.0108 e. The van der Waals surface area contributed by atoms with Crippen LogP contribution in [-0.4, -0.2) is 50.7 Å². The topological polar surface area (TPSA) is 27.3 Å². The van der Waals surface area contributed by atoms with Gasteiger partial charge in [-0.25, -0.2) is 0 Å². The molecule has 1 aliphatic heterocycles. The standard InChI is InChI=1S/C11H23N3/c1-2-11(3-1)10-13-6-9-14-7-4-12-5-8-14/h11-13H,1-10H2. The van der Waals surface area contributed by atoms with Gasteiger partial charge in [0.05, 0.1) is 0 Å². The highest BCUT2D eigenvalue weighted by atomic mass is 15.2. The third kappa shape index (κ3) is 3.23. The van der Waals surface area contributed by atoms with Crippen LogP contribution in [0.15, 0.2) is 0 Å². The van der Waals surface area contributed by atoms with Gasteiger partial charge in [-0.3, -0.25) is 4.90 Å². The Morgan fingerprint density at radius 2 is 2.00 bits per heavy atom. The van der Waals surface area contributed by atoms with E-state index in [-0.39, 0.29) is 0 Å². The molecule has 0 aromatic carbocycles. The highest BCUT2D eigenvalue weighted by molar-refractivity contribution is 4.73. The van der Waals surface area contributed by atoms with E-state index in [1.165, 1.54) is 65.1 Å². The molecule has 1 aliphatic carbocycles. The Balaban J connectivity index is 1.45. The van der Waals surface area contributed by atoms with E-state index in [0.717, 1.165) is 5.92 Å². The van der Waals surface area contributed by atoms with Gasteiger partial charge >= 0.3 is 0 Å². The van der Waals surface area contributed by atoms with Crippen molar-refractivity contribution in [1.29, 1.82) is 0 Å². The molecule has 1 saturated heterocycles. The third-order valence-corrected chi connectivity index (χ3v) is 3.47. The Bertz CT molecular complexity index is 151. The summed E-state index contributed by atoms with van der Waals surface area (Å²) in [6.45, 7) is 8.46. The van der Waals surface area contributed by atoms with E-state index in [4.69, 9.17) is 0 Å². The summed E-state index contributed by atoms with van der Waals surface area (Å²) in [6, 6.07) is 0. The first-order valence-electron chi connectivity index (χ1n) is 6.09. The van der Waals surface area contributed by atoms with Gasteiger partial charge in [0, 0.05) is 39.3 Å². The molecule has 0 spiro atoms. The number of hydrogen-bond acceptors (Lipinski definition) is 3. The van der Waals surface area contributed by atoms with E-state index in [2.05, 4.69) is 15.5 Å². The average molecular weight is 197 g/mol. The van der Waals surface area contributed by atoms with Gasteiger partial charge < -0.3 is 10.6 Å². The van der Waals surface area contributed by atoms with Crippen molar-refractivity contribution in [2.24, 2.45) is 5.92 Å². The summed E-state index contributed by atoms with van der Waals surface area (Å²) in [7, 11) is 0. The number of nitrogens with zero attached hydrogens (tertiary/aromatic N) is 1. The Hall–Kier alpha value is -0.120. The van der Waals surface area contributed by atoms with Crippen LogP contribution in [0.3, 0.4) is 0 Å². The van der Waals surface area contributed by atoms with E-state index >= 15 is 0 Å². The fourth-order valence-corrected chi connectivity index (χ4v) is 2.18. The zero-order valence-electron chi connectivity index (χ0n) is 9.10. The monoisotopic (exact) mass is 197 g/mol. The van der Waals surface area contributed by atoms with Crippen LogP contribution in [0.1, 0.15) is 19.3 Å². The van der Waals surface area contributed by atoms with Crippen molar-refractivity contribution in [2.75, 3.05) is 45.8 Å². The van der Waals surface area contributed by atoms with Crippen LogP contribution < -0.4 is 10.6 Å². The average Bonchev–Trinajstić information content (AvgIpc) is 2.16. The maximum Gasteiger partial charge on any atom is 0.0108 e. The van der Waals surface area contributed by atoms with Gasteiger partial charge in [-0.15, -0.1) is 0 Å². The minimum absolute atomic E-state index is 0.998. The molecular formula is C11H23N3. The van der Waals surface area contributed by atoms with Crippen molar-refractivity contribution in [2.45, 2.75) is 19.3 Å². The molecule has 0 aromatic rings. The van der Waals surface area contributed by atoms with Crippen LogP contribution in [0.2, 0.25) is 0 Å². The second-order valence-electron chi connectivity index (χ2n) is 4.59. The maximum atomic E-state index is 3.57. The van der Waals surface area contributed by atoms with E-state index in [9.17, 15) is 0 Å². The summed E-state index contributed by atoms with van der Waals surface area (Å²) in [5.41, 5.74) is 0. The first kappa shape index (κ1) is 10.4. The van der Waals surface area contributed by atoms with Crippen LogP contribution in [-0.2, 0) is 0 Å². The third-order valence-electron chi connectivity index (χ3n) is 3.47. The lowest BCUT2D eigenvalue weighted by atomic mass is 9.85. The summed E-state index contributed by atoms with van der Waals surface area (Å²) in [5, 5.41) is 6.95. The van der Waals surface area contributed by atoms with Crippen molar-refractivity contribution >= 4 is 0 Å². The van der Waals surface area contributed by atoms with Crippen LogP contribution >= 0.6 is 0 Å². The number of rotatable bonds is 5. The van der Waals surface area contributed by atoms with Crippen LogP contribution in [0, 0.1) is 5.92 Å². The molecular weight excluding hydrogens is 174 g/mol. The van der Waals surface area contributed by atoms with E-state index in [1.807, 2.05) is 0 Å². The summed E-state index contributed by atoms with van der Waals surface area (Å²) in [5.74, 6) is 0.998. The van der Waals surface area contributed by atoms with Crippen molar-refractivity contribution in [3.05, 3.63) is 0 Å². The second-order valence-corrected chi connectivity index (χ2v) is 4.59. The predicted octanol–water partition coefficient (Wildman–Crippen LogP) is 0.281. The molecule has 3 nitrogen and oxygen atoms in total. The largest absolute Gasteiger partial charge is 0.315 e. The Morgan fingerprint density at radius 3 is 2.64 bits per heavy atom. The quantitative estimate of drug-likeness (QED) is 0.620. The van der Waals surface area contributed by atoms with Gasteiger partial charge in [-0.05, 0) is 25.3 Å². The minimum Gasteiger partial charge on any atom is -0.315 e. The molecule has 0 unspecified atom stereocenters. The molecule has 1 saturated carbocycles. The van der Waals surface area contributed by atoms with Crippen LogP contribution in [0.5, 0.6) is 0 Å². The highest BCUT2D eigenvalue weighted by Crippen LogP contribution is 2.24. The lowest BCUT2D eigenvalue weighted by Gasteiger charge is -2.29. The summed E-state index contributed by atoms with van der Waals surface area (Å²) < 4.78 is 0. The number of nitrogens with one attached hydrogen (secondary N) is 2. The van der Waals surface area contributed by atoms with Gasteiger partial charge in [0.2, 0.25) is 0 Å². The Labute approximate surface area is 87.2 Å². The van der Waals surface area contributed by atoms with Crippen LogP contribution in [0.25, 0.3) is 0 Å². The molecule has 0 atom stereocenters. The zero-order valence-corrected chi connectivity index (χ0v) is 9.10. The summed E-state index contributed by atoms with van der Waals surface area (Å²) in [6.07, 6.45) is 4.38.